The molecule has 0 aliphatic carbocycles. The number of ether oxygens (including phenoxy) is 4. The summed E-state index contributed by atoms with van der Waals surface area (Å²) in [5.74, 6) is 0.366. The first kappa shape index (κ1) is 18.4. The Labute approximate surface area is 145 Å². The van der Waals surface area contributed by atoms with E-state index in [2.05, 4.69) is 0 Å². The average molecular weight is 348 g/mol. The third-order valence-corrected chi connectivity index (χ3v) is 3.49. The predicted octanol–water partition coefficient (Wildman–Crippen LogP) is 2.39. The van der Waals surface area contributed by atoms with E-state index in [1.165, 1.54) is 33.5 Å². The topological polar surface area (TPSA) is 94.5 Å². The molecular weight excluding hydrogens is 328 g/mol. The monoisotopic (exact) mass is 348 g/mol. The van der Waals surface area contributed by atoms with E-state index >= 15 is 0 Å². The second-order valence-electron chi connectivity index (χ2n) is 5.08. The lowest BCUT2D eigenvalue weighted by atomic mass is 10.1. The van der Waals surface area contributed by atoms with Crippen LogP contribution in [0.2, 0.25) is 0 Å². The van der Waals surface area contributed by atoms with Gasteiger partial charge in [-0.1, -0.05) is 12.1 Å². The maximum absolute atomic E-state index is 12.4. The van der Waals surface area contributed by atoms with Crippen molar-refractivity contribution in [2.45, 2.75) is 12.7 Å². The molecule has 0 spiro atoms. The minimum atomic E-state index is -1.37. The lowest BCUT2D eigenvalue weighted by molar-refractivity contribution is -0.0194. The minimum absolute atomic E-state index is 0.0998. The number of carbonyl (C=O) groups is 1. The smallest absolute Gasteiger partial charge is 0.204 e. The van der Waals surface area contributed by atoms with Gasteiger partial charge in [0.15, 0.2) is 28.8 Å². The highest BCUT2D eigenvalue weighted by molar-refractivity contribution is 5.97. The molecule has 0 fully saturated rings. The van der Waals surface area contributed by atoms with Crippen LogP contribution in [-0.4, -0.2) is 43.6 Å². The Bertz CT molecular complexity index is 717. The van der Waals surface area contributed by atoms with Gasteiger partial charge >= 0.3 is 0 Å². The maximum atomic E-state index is 12.4. The van der Waals surface area contributed by atoms with Crippen LogP contribution in [0.4, 0.5) is 0 Å². The summed E-state index contributed by atoms with van der Waals surface area (Å²) in [5.41, 5.74) is 0.217. The molecule has 0 bridgehead atoms. The van der Waals surface area contributed by atoms with E-state index in [1.54, 1.807) is 24.3 Å². The fourth-order valence-electron chi connectivity index (χ4n) is 2.24. The number of rotatable bonds is 8. The number of para-hydroxylation sites is 2. The molecule has 0 aliphatic heterocycles. The average Bonchev–Trinajstić information content (AvgIpc) is 2.62. The van der Waals surface area contributed by atoms with Crippen LogP contribution in [0, 0.1) is 0 Å². The van der Waals surface area contributed by atoms with Crippen molar-refractivity contribution in [1.29, 1.82) is 0 Å². The van der Waals surface area contributed by atoms with Gasteiger partial charge in [0.05, 0.1) is 27.8 Å². The number of ketones is 1. The summed E-state index contributed by atoms with van der Waals surface area (Å²) in [6.45, 7) is 0. The van der Waals surface area contributed by atoms with E-state index in [9.17, 15) is 15.0 Å². The third-order valence-electron chi connectivity index (χ3n) is 3.49. The zero-order chi connectivity index (χ0) is 18.4. The van der Waals surface area contributed by atoms with Crippen molar-refractivity contribution < 1.29 is 34.0 Å². The SMILES string of the molecule is COc1ccccc1OC(O)CC(=O)c1cc(OC)c(O)c(OC)c1. The number of aliphatic hydroxyl groups excluding tert-OH is 1. The van der Waals surface area contributed by atoms with Gasteiger partial charge in [-0.25, -0.2) is 0 Å². The van der Waals surface area contributed by atoms with Crippen LogP contribution in [0.5, 0.6) is 28.7 Å². The van der Waals surface area contributed by atoms with Gasteiger partial charge in [0.25, 0.3) is 0 Å². The maximum Gasteiger partial charge on any atom is 0.204 e. The molecular formula is C18H20O7. The Morgan fingerprint density at radius 2 is 1.48 bits per heavy atom. The predicted molar refractivity (Wildman–Crippen MR) is 89.8 cm³/mol. The van der Waals surface area contributed by atoms with E-state index in [0.29, 0.717) is 11.5 Å². The van der Waals surface area contributed by atoms with E-state index in [1.807, 2.05) is 0 Å². The minimum Gasteiger partial charge on any atom is -0.502 e. The zero-order valence-corrected chi connectivity index (χ0v) is 14.2. The van der Waals surface area contributed by atoms with Gasteiger partial charge < -0.3 is 29.2 Å². The molecule has 2 N–H and O–H groups in total. The molecule has 1 atom stereocenters. The number of phenolic OH excluding ortho intramolecular Hbond substituents is 1. The van der Waals surface area contributed by atoms with Crippen molar-refractivity contribution in [2.24, 2.45) is 0 Å². The number of methoxy groups -OCH3 is 3. The van der Waals surface area contributed by atoms with Crippen LogP contribution >= 0.6 is 0 Å². The van der Waals surface area contributed by atoms with Crippen LogP contribution in [0.1, 0.15) is 16.8 Å². The molecule has 0 radical (unpaired) electrons. The van der Waals surface area contributed by atoms with E-state index in [4.69, 9.17) is 18.9 Å². The molecule has 2 aromatic carbocycles. The van der Waals surface area contributed by atoms with Gasteiger partial charge in [-0.05, 0) is 24.3 Å². The summed E-state index contributed by atoms with van der Waals surface area (Å²) in [4.78, 5) is 12.4. The van der Waals surface area contributed by atoms with Crippen LogP contribution in [-0.2, 0) is 0 Å². The molecule has 1 unspecified atom stereocenters. The molecule has 7 heteroatoms. The van der Waals surface area contributed by atoms with Gasteiger partial charge in [0.2, 0.25) is 12.0 Å². The summed E-state index contributed by atoms with van der Waals surface area (Å²) in [6, 6.07) is 9.53. The van der Waals surface area contributed by atoms with Gasteiger partial charge in [0.1, 0.15) is 0 Å². The summed E-state index contributed by atoms with van der Waals surface area (Å²) in [7, 11) is 4.21. The lowest BCUT2D eigenvalue weighted by Crippen LogP contribution is -2.20. The summed E-state index contributed by atoms with van der Waals surface area (Å²) < 4.78 is 20.5. The van der Waals surface area contributed by atoms with E-state index in [0.717, 1.165) is 0 Å². The van der Waals surface area contributed by atoms with E-state index in [-0.39, 0.29) is 29.2 Å². The second kappa shape index (κ2) is 8.25. The number of aromatic hydroxyl groups is 1. The Balaban J connectivity index is 2.13. The van der Waals surface area contributed by atoms with Crippen LogP contribution in [0.25, 0.3) is 0 Å². The normalized spacial score (nSPS) is 11.5. The molecule has 0 amide bonds. The molecule has 2 aromatic rings. The van der Waals surface area contributed by atoms with Crippen LogP contribution in [0.3, 0.4) is 0 Å². The number of carbonyl (C=O) groups excluding carboxylic acids is 1. The lowest BCUT2D eigenvalue weighted by Gasteiger charge is -2.16. The number of aliphatic hydroxyl groups is 1. The molecule has 134 valence electrons. The summed E-state index contributed by atoms with van der Waals surface area (Å²) in [6.07, 6.45) is -1.66. The van der Waals surface area contributed by atoms with Crippen LogP contribution < -0.4 is 18.9 Å². The highest BCUT2D eigenvalue weighted by atomic mass is 16.6. The highest BCUT2D eigenvalue weighted by Gasteiger charge is 2.19. The molecule has 0 saturated heterocycles. The first-order valence-electron chi connectivity index (χ1n) is 7.46. The quantitative estimate of drug-likeness (QED) is 0.559. The Morgan fingerprint density at radius 3 is 2.00 bits per heavy atom. The first-order valence-corrected chi connectivity index (χ1v) is 7.46. The molecule has 7 nitrogen and oxygen atoms in total. The first-order chi connectivity index (χ1) is 12.0. The Hall–Kier alpha value is -2.93. The van der Waals surface area contributed by atoms with Crippen LogP contribution in [0.15, 0.2) is 36.4 Å². The molecule has 2 rings (SSSR count). The third kappa shape index (κ3) is 4.33. The number of hydrogen-bond donors (Lipinski definition) is 2. The van der Waals surface area contributed by atoms with Crippen molar-refractivity contribution in [3.05, 3.63) is 42.0 Å². The summed E-state index contributed by atoms with van der Waals surface area (Å²) >= 11 is 0. The van der Waals surface area contributed by atoms with Crippen molar-refractivity contribution >= 4 is 5.78 Å². The molecule has 0 aromatic heterocycles. The van der Waals surface area contributed by atoms with Gasteiger partial charge in [-0.2, -0.15) is 0 Å². The van der Waals surface area contributed by atoms with Gasteiger partial charge in [-0.3, -0.25) is 4.79 Å². The Kier molecular flexibility index (Phi) is 6.08. The van der Waals surface area contributed by atoms with Crippen molar-refractivity contribution in [1.82, 2.24) is 0 Å². The Morgan fingerprint density at radius 1 is 0.960 bits per heavy atom. The second-order valence-corrected chi connectivity index (χ2v) is 5.08. The number of benzene rings is 2. The van der Waals surface area contributed by atoms with Crippen molar-refractivity contribution in [3.63, 3.8) is 0 Å². The van der Waals surface area contributed by atoms with E-state index < -0.39 is 12.1 Å². The largest absolute Gasteiger partial charge is 0.502 e. The standard InChI is InChI=1S/C18H20O7/c1-22-13-6-4-5-7-14(13)25-17(20)10-12(19)11-8-15(23-2)18(21)16(9-11)24-3/h4-9,17,20-21H,10H2,1-3H3. The molecule has 0 aliphatic rings. The zero-order valence-electron chi connectivity index (χ0n) is 14.2. The highest BCUT2D eigenvalue weighted by Crippen LogP contribution is 2.37. The number of phenols is 1. The van der Waals surface area contributed by atoms with Gasteiger partial charge in [0, 0.05) is 5.56 Å². The van der Waals surface area contributed by atoms with Crippen molar-refractivity contribution in [3.8, 4) is 28.7 Å². The molecule has 0 heterocycles. The molecule has 25 heavy (non-hydrogen) atoms. The fraction of sp³-hybridized carbons (Fsp3) is 0.278. The van der Waals surface area contributed by atoms with Crippen molar-refractivity contribution in [2.75, 3.05) is 21.3 Å². The fourth-order valence-corrected chi connectivity index (χ4v) is 2.24. The molecule has 0 saturated carbocycles. The number of hydrogen-bond acceptors (Lipinski definition) is 7. The van der Waals surface area contributed by atoms with Gasteiger partial charge in [-0.15, -0.1) is 0 Å². The number of Topliss-reactive ketones (excluding diaryl/α,β-unsaturated/α-hetero) is 1. The summed E-state index contributed by atoms with van der Waals surface area (Å²) in [5, 5.41) is 19.9.